The van der Waals surface area contributed by atoms with Gasteiger partial charge in [0.05, 0.1) is 11.5 Å². The van der Waals surface area contributed by atoms with Gasteiger partial charge in [0.25, 0.3) is 0 Å². The van der Waals surface area contributed by atoms with E-state index in [1.165, 1.54) is 6.08 Å². The van der Waals surface area contributed by atoms with Crippen LogP contribution in [0.4, 0.5) is 0 Å². The van der Waals surface area contributed by atoms with Crippen LogP contribution in [0.15, 0.2) is 24.4 Å². The minimum Gasteiger partial charge on any atom is -0.490 e. The summed E-state index contributed by atoms with van der Waals surface area (Å²) in [5, 5.41) is 10.3. The SMILES string of the molecule is CCOc1cc(/C=C/[N+](=O)[O-])ccc1OC(=O)CC. The molecule has 6 nitrogen and oxygen atoms in total. The molecule has 0 heterocycles. The molecule has 0 aromatic heterocycles. The Bertz CT molecular complexity index is 496. The second-order valence-corrected chi connectivity index (χ2v) is 3.57. The van der Waals surface area contributed by atoms with Crippen LogP contribution in [-0.4, -0.2) is 17.5 Å². The van der Waals surface area contributed by atoms with Crippen molar-refractivity contribution in [3.05, 3.63) is 40.1 Å². The summed E-state index contributed by atoms with van der Waals surface area (Å²) in [6.45, 7) is 3.89. The highest BCUT2D eigenvalue weighted by molar-refractivity contribution is 5.73. The molecule has 1 aromatic carbocycles. The van der Waals surface area contributed by atoms with Gasteiger partial charge in [-0.25, -0.2) is 0 Å². The van der Waals surface area contributed by atoms with E-state index in [-0.39, 0.29) is 12.4 Å². The number of hydrogen-bond acceptors (Lipinski definition) is 5. The molecule has 0 N–H and O–H groups in total. The number of rotatable bonds is 6. The summed E-state index contributed by atoms with van der Waals surface area (Å²) in [6.07, 6.45) is 2.44. The normalized spacial score (nSPS) is 10.4. The standard InChI is InChI=1S/C13H15NO5/c1-3-13(15)19-11-6-5-10(7-8-14(16)17)9-12(11)18-4-2/h5-9H,3-4H2,1-2H3/b8-7+. The fraction of sp³-hybridized carbons (Fsp3) is 0.308. The van der Waals surface area contributed by atoms with Crippen LogP contribution >= 0.6 is 0 Å². The summed E-state index contributed by atoms with van der Waals surface area (Å²) in [7, 11) is 0. The zero-order valence-electron chi connectivity index (χ0n) is 10.8. The maximum Gasteiger partial charge on any atom is 0.311 e. The predicted molar refractivity (Wildman–Crippen MR) is 69.6 cm³/mol. The molecule has 0 fully saturated rings. The smallest absolute Gasteiger partial charge is 0.311 e. The monoisotopic (exact) mass is 265 g/mol. The van der Waals surface area contributed by atoms with Gasteiger partial charge in [-0.05, 0) is 24.6 Å². The van der Waals surface area contributed by atoms with Crippen molar-refractivity contribution >= 4 is 12.0 Å². The van der Waals surface area contributed by atoms with E-state index in [1.54, 1.807) is 32.0 Å². The van der Waals surface area contributed by atoms with Crippen molar-refractivity contribution in [2.24, 2.45) is 0 Å². The number of nitro groups is 1. The fourth-order valence-electron chi connectivity index (χ4n) is 1.32. The van der Waals surface area contributed by atoms with Gasteiger partial charge < -0.3 is 9.47 Å². The van der Waals surface area contributed by atoms with Crippen LogP contribution in [0.5, 0.6) is 11.5 Å². The fourth-order valence-corrected chi connectivity index (χ4v) is 1.32. The summed E-state index contributed by atoms with van der Waals surface area (Å²) in [5.41, 5.74) is 0.594. The van der Waals surface area contributed by atoms with Gasteiger partial charge in [-0.15, -0.1) is 0 Å². The Labute approximate surface area is 110 Å². The first-order valence-corrected chi connectivity index (χ1v) is 5.86. The molecule has 19 heavy (non-hydrogen) atoms. The highest BCUT2D eigenvalue weighted by Crippen LogP contribution is 2.29. The lowest BCUT2D eigenvalue weighted by molar-refractivity contribution is -0.400. The van der Waals surface area contributed by atoms with Gasteiger partial charge in [-0.1, -0.05) is 13.0 Å². The molecule has 0 unspecified atom stereocenters. The Kier molecular flexibility index (Phi) is 5.53. The number of carbonyl (C=O) groups is 1. The Morgan fingerprint density at radius 2 is 2.11 bits per heavy atom. The van der Waals surface area contributed by atoms with Crippen molar-refractivity contribution in [2.45, 2.75) is 20.3 Å². The van der Waals surface area contributed by atoms with Crippen molar-refractivity contribution in [3.63, 3.8) is 0 Å². The quantitative estimate of drug-likeness (QED) is 0.342. The lowest BCUT2D eigenvalue weighted by atomic mass is 10.2. The molecular weight excluding hydrogens is 250 g/mol. The highest BCUT2D eigenvalue weighted by Gasteiger charge is 2.09. The lowest BCUT2D eigenvalue weighted by Crippen LogP contribution is -2.07. The van der Waals surface area contributed by atoms with Crippen molar-refractivity contribution in [1.29, 1.82) is 0 Å². The molecule has 6 heteroatoms. The molecule has 0 saturated heterocycles. The average molecular weight is 265 g/mol. The maximum atomic E-state index is 11.3. The van der Waals surface area contributed by atoms with Crippen LogP contribution in [0, 0.1) is 10.1 Å². The van der Waals surface area contributed by atoms with Crippen LogP contribution in [0.2, 0.25) is 0 Å². The van der Waals surface area contributed by atoms with Gasteiger partial charge in [0.15, 0.2) is 11.5 Å². The van der Waals surface area contributed by atoms with E-state index in [0.717, 1.165) is 6.20 Å². The topological polar surface area (TPSA) is 78.7 Å². The summed E-state index contributed by atoms with van der Waals surface area (Å²) < 4.78 is 10.5. The zero-order chi connectivity index (χ0) is 14.3. The Morgan fingerprint density at radius 1 is 1.37 bits per heavy atom. The van der Waals surface area contributed by atoms with Gasteiger partial charge in [-0.3, -0.25) is 14.9 Å². The molecule has 0 bridgehead atoms. The van der Waals surface area contributed by atoms with Gasteiger partial charge in [0.1, 0.15) is 0 Å². The van der Waals surface area contributed by atoms with Gasteiger partial charge in [-0.2, -0.15) is 0 Å². The van der Waals surface area contributed by atoms with E-state index < -0.39 is 4.92 Å². The second-order valence-electron chi connectivity index (χ2n) is 3.57. The van der Waals surface area contributed by atoms with Crippen molar-refractivity contribution < 1.29 is 19.2 Å². The number of nitrogens with zero attached hydrogens (tertiary/aromatic N) is 1. The van der Waals surface area contributed by atoms with E-state index in [9.17, 15) is 14.9 Å². The van der Waals surface area contributed by atoms with E-state index in [1.807, 2.05) is 0 Å². The summed E-state index contributed by atoms with van der Waals surface area (Å²) in [5.74, 6) is 0.330. The Balaban J connectivity index is 2.99. The number of esters is 1. The van der Waals surface area contributed by atoms with Gasteiger partial charge in [0.2, 0.25) is 6.20 Å². The molecule has 0 radical (unpaired) electrons. The summed E-state index contributed by atoms with van der Waals surface area (Å²) >= 11 is 0. The number of hydrogen-bond donors (Lipinski definition) is 0. The maximum absolute atomic E-state index is 11.3. The van der Waals surface area contributed by atoms with Crippen molar-refractivity contribution in [1.82, 2.24) is 0 Å². The summed E-state index contributed by atoms with van der Waals surface area (Å²) in [4.78, 5) is 21.0. The molecule has 0 spiro atoms. The van der Waals surface area contributed by atoms with E-state index in [2.05, 4.69) is 0 Å². The molecule has 0 atom stereocenters. The van der Waals surface area contributed by atoms with E-state index >= 15 is 0 Å². The molecule has 1 aromatic rings. The molecule has 0 aliphatic heterocycles. The average Bonchev–Trinajstić information content (AvgIpc) is 2.39. The second kappa shape index (κ2) is 7.15. The van der Waals surface area contributed by atoms with Crippen molar-refractivity contribution in [2.75, 3.05) is 6.61 Å². The number of carbonyl (C=O) groups excluding carboxylic acids is 1. The van der Waals surface area contributed by atoms with Crippen LogP contribution in [-0.2, 0) is 4.79 Å². The summed E-state index contributed by atoms with van der Waals surface area (Å²) in [6, 6.07) is 4.75. The van der Waals surface area contributed by atoms with Crippen LogP contribution in [0.25, 0.3) is 6.08 Å². The van der Waals surface area contributed by atoms with E-state index in [4.69, 9.17) is 9.47 Å². The number of benzene rings is 1. The Hall–Kier alpha value is -2.37. The Morgan fingerprint density at radius 3 is 2.68 bits per heavy atom. The molecule has 0 aliphatic rings. The number of ether oxygens (including phenoxy) is 2. The first-order chi connectivity index (χ1) is 9.06. The molecule has 0 saturated carbocycles. The lowest BCUT2D eigenvalue weighted by Gasteiger charge is -2.10. The van der Waals surface area contributed by atoms with Crippen molar-refractivity contribution in [3.8, 4) is 11.5 Å². The van der Waals surface area contributed by atoms with Gasteiger partial charge >= 0.3 is 5.97 Å². The molecule has 0 aliphatic carbocycles. The largest absolute Gasteiger partial charge is 0.490 e. The zero-order valence-corrected chi connectivity index (χ0v) is 10.8. The minimum atomic E-state index is -0.550. The van der Waals surface area contributed by atoms with Crippen LogP contribution < -0.4 is 9.47 Å². The minimum absolute atomic E-state index is 0.258. The first kappa shape index (κ1) is 14.7. The van der Waals surface area contributed by atoms with Gasteiger partial charge in [0, 0.05) is 12.5 Å². The third-order valence-electron chi connectivity index (χ3n) is 2.17. The third kappa shape index (κ3) is 4.79. The van der Waals surface area contributed by atoms with Crippen LogP contribution in [0.1, 0.15) is 25.8 Å². The first-order valence-electron chi connectivity index (χ1n) is 5.86. The van der Waals surface area contributed by atoms with E-state index in [0.29, 0.717) is 23.7 Å². The highest BCUT2D eigenvalue weighted by atomic mass is 16.6. The molecule has 102 valence electrons. The molecular formula is C13H15NO5. The molecule has 1 rings (SSSR count). The predicted octanol–water partition coefficient (Wildman–Crippen LogP) is 2.65. The molecule has 0 amide bonds. The third-order valence-corrected chi connectivity index (χ3v) is 2.17. The van der Waals surface area contributed by atoms with Crippen LogP contribution in [0.3, 0.4) is 0 Å².